The molecule has 0 unspecified atom stereocenters. The Morgan fingerprint density at radius 2 is 2.16 bits per heavy atom. The van der Waals surface area contributed by atoms with Gasteiger partial charge in [-0.05, 0) is 18.1 Å². The molecule has 0 aliphatic carbocycles. The number of anilines is 1. The van der Waals surface area contributed by atoms with Gasteiger partial charge in [-0.3, -0.25) is 4.79 Å². The molecule has 1 aromatic heterocycles. The zero-order valence-electron chi connectivity index (χ0n) is 12.0. The first-order valence-electron chi connectivity index (χ1n) is 6.38. The smallest absolute Gasteiger partial charge is 0.274 e. The SMILES string of the molecule is CNc1ccc(C(=O)N(CCOC)CC(C)C)nn1. The Morgan fingerprint density at radius 3 is 2.63 bits per heavy atom. The van der Waals surface area contributed by atoms with Crippen LogP contribution in [-0.4, -0.2) is 54.9 Å². The topological polar surface area (TPSA) is 67.4 Å². The van der Waals surface area contributed by atoms with Crippen molar-refractivity contribution in [3.63, 3.8) is 0 Å². The molecule has 1 amide bonds. The normalized spacial score (nSPS) is 10.6. The minimum Gasteiger partial charge on any atom is -0.383 e. The summed E-state index contributed by atoms with van der Waals surface area (Å²) in [5.41, 5.74) is 0.357. The second kappa shape index (κ2) is 7.68. The Labute approximate surface area is 114 Å². The lowest BCUT2D eigenvalue weighted by Crippen LogP contribution is -2.37. The fraction of sp³-hybridized carbons (Fsp3) is 0.615. The van der Waals surface area contributed by atoms with Crippen molar-refractivity contribution >= 4 is 11.7 Å². The van der Waals surface area contributed by atoms with Gasteiger partial charge in [0.05, 0.1) is 6.61 Å². The van der Waals surface area contributed by atoms with Gasteiger partial charge in [0.2, 0.25) is 0 Å². The van der Waals surface area contributed by atoms with Crippen LogP contribution in [0.15, 0.2) is 12.1 Å². The first kappa shape index (κ1) is 15.4. The van der Waals surface area contributed by atoms with E-state index in [4.69, 9.17) is 4.74 Å². The number of aromatic nitrogens is 2. The molecule has 0 fully saturated rings. The Kier molecular flexibility index (Phi) is 6.21. The predicted molar refractivity (Wildman–Crippen MR) is 74.2 cm³/mol. The monoisotopic (exact) mass is 266 g/mol. The van der Waals surface area contributed by atoms with E-state index in [1.54, 1.807) is 31.2 Å². The first-order chi connectivity index (χ1) is 9.08. The van der Waals surface area contributed by atoms with Crippen molar-refractivity contribution < 1.29 is 9.53 Å². The summed E-state index contributed by atoms with van der Waals surface area (Å²) in [5.74, 6) is 0.926. The molecule has 0 aliphatic rings. The fourth-order valence-electron chi connectivity index (χ4n) is 1.66. The van der Waals surface area contributed by atoms with Gasteiger partial charge in [-0.15, -0.1) is 10.2 Å². The summed E-state index contributed by atoms with van der Waals surface area (Å²) in [7, 11) is 3.38. The van der Waals surface area contributed by atoms with Crippen molar-refractivity contribution in [3.8, 4) is 0 Å². The molecule has 1 rings (SSSR count). The maximum absolute atomic E-state index is 12.3. The molecule has 0 saturated carbocycles. The highest BCUT2D eigenvalue weighted by molar-refractivity contribution is 5.92. The number of hydrogen-bond acceptors (Lipinski definition) is 5. The molecule has 0 spiro atoms. The maximum Gasteiger partial charge on any atom is 0.274 e. The first-order valence-corrected chi connectivity index (χ1v) is 6.38. The van der Waals surface area contributed by atoms with E-state index in [0.717, 1.165) is 0 Å². The van der Waals surface area contributed by atoms with Crippen molar-refractivity contribution in [2.45, 2.75) is 13.8 Å². The summed E-state index contributed by atoms with van der Waals surface area (Å²) in [6.07, 6.45) is 0. The molecule has 6 nitrogen and oxygen atoms in total. The molecule has 0 saturated heterocycles. The Balaban J connectivity index is 2.78. The van der Waals surface area contributed by atoms with Gasteiger partial charge in [-0.25, -0.2) is 0 Å². The summed E-state index contributed by atoms with van der Waals surface area (Å²) >= 11 is 0. The lowest BCUT2D eigenvalue weighted by atomic mass is 10.2. The number of nitrogens with one attached hydrogen (secondary N) is 1. The van der Waals surface area contributed by atoms with Gasteiger partial charge in [-0.1, -0.05) is 13.8 Å². The number of ether oxygens (including phenoxy) is 1. The number of methoxy groups -OCH3 is 1. The molecule has 0 aromatic carbocycles. The largest absolute Gasteiger partial charge is 0.383 e. The summed E-state index contributed by atoms with van der Waals surface area (Å²) in [6, 6.07) is 3.42. The van der Waals surface area contributed by atoms with E-state index in [1.165, 1.54) is 0 Å². The molecule has 0 radical (unpaired) electrons. The Morgan fingerprint density at radius 1 is 1.42 bits per heavy atom. The number of carbonyl (C=O) groups is 1. The van der Waals surface area contributed by atoms with Gasteiger partial charge >= 0.3 is 0 Å². The highest BCUT2D eigenvalue weighted by Gasteiger charge is 2.18. The molecule has 6 heteroatoms. The predicted octanol–water partition coefficient (Wildman–Crippen LogP) is 1.26. The van der Waals surface area contributed by atoms with Crippen LogP contribution in [0, 0.1) is 5.92 Å². The molecule has 106 valence electrons. The van der Waals surface area contributed by atoms with Gasteiger partial charge in [0.1, 0.15) is 5.82 Å². The average molecular weight is 266 g/mol. The highest BCUT2D eigenvalue weighted by Crippen LogP contribution is 2.07. The number of carbonyl (C=O) groups excluding carboxylic acids is 1. The Hall–Kier alpha value is -1.69. The van der Waals surface area contributed by atoms with Crippen LogP contribution in [0.4, 0.5) is 5.82 Å². The van der Waals surface area contributed by atoms with Crippen LogP contribution in [0.25, 0.3) is 0 Å². The van der Waals surface area contributed by atoms with E-state index in [9.17, 15) is 4.79 Å². The summed E-state index contributed by atoms with van der Waals surface area (Å²) in [6.45, 7) is 5.90. The van der Waals surface area contributed by atoms with Gasteiger partial charge in [0, 0.05) is 27.2 Å². The minimum atomic E-state index is -0.110. The lowest BCUT2D eigenvalue weighted by Gasteiger charge is -2.23. The Bertz CT molecular complexity index is 392. The van der Waals surface area contributed by atoms with E-state index in [-0.39, 0.29) is 5.91 Å². The van der Waals surface area contributed by atoms with E-state index in [1.807, 2.05) is 0 Å². The van der Waals surface area contributed by atoms with E-state index in [0.29, 0.717) is 37.1 Å². The van der Waals surface area contributed by atoms with Gasteiger partial charge in [0.15, 0.2) is 5.69 Å². The molecular weight excluding hydrogens is 244 g/mol. The number of rotatable bonds is 7. The second-order valence-electron chi connectivity index (χ2n) is 4.69. The van der Waals surface area contributed by atoms with Crippen LogP contribution >= 0.6 is 0 Å². The molecule has 0 bridgehead atoms. The van der Waals surface area contributed by atoms with Gasteiger partial charge in [-0.2, -0.15) is 0 Å². The van der Waals surface area contributed by atoms with Crippen molar-refractivity contribution in [2.75, 3.05) is 39.2 Å². The number of nitrogens with zero attached hydrogens (tertiary/aromatic N) is 3. The van der Waals surface area contributed by atoms with Crippen molar-refractivity contribution in [1.82, 2.24) is 15.1 Å². The molecule has 1 N–H and O–H groups in total. The number of hydrogen-bond donors (Lipinski definition) is 1. The minimum absolute atomic E-state index is 0.110. The van der Waals surface area contributed by atoms with Gasteiger partial charge < -0.3 is 15.0 Å². The zero-order valence-corrected chi connectivity index (χ0v) is 12.0. The van der Waals surface area contributed by atoms with Crippen LogP contribution < -0.4 is 5.32 Å². The van der Waals surface area contributed by atoms with Gasteiger partial charge in [0.25, 0.3) is 5.91 Å². The van der Waals surface area contributed by atoms with Crippen LogP contribution in [0.2, 0.25) is 0 Å². The van der Waals surface area contributed by atoms with E-state index < -0.39 is 0 Å². The molecule has 0 atom stereocenters. The lowest BCUT2D eigenvalue weighted by molar-refractivity contribution is 0.0665. The van der Waals surface area contributed by atoms with Crippen molar-refractivity contribution in [1.29, 1.82) is 0 Å². The second-order valence-corrected chi connectivity index (χ2v) is 4.69. The molecule has 19 heavy (non-hydrogen) atoms. The van der Waals surface area contributed by atoms with Crippen LogP contribution in [0.1, 0.15) is 24.3 Å². The third kappa shape index (κ3) is 4.82. The number of amides is 1. The van der Waals surface area contributed by atoms with E-state index in [2.05, 4.69) is 29.4 Å². The van der Waals surface area contributed by atoms with E-state index >= 15 is 0 Å². The summed E-state index contributed by atoms with van der Waals surface area (Å²) in [5, 5.41) is 10.7. The summed E-state index contributed by atoms with van der Waals surface area (Å²) < 4.78 is 5.04. The molecule has 0 aliphatic heterocycles. The molecule has 1 heterocycles. The third-order valence-corrected chi connectivity index (χ3v) is 2.58. The standard InChI is InChI=1S/C13H22N4O2/c1-10(2)9-17(7-8-19-4)13(18)11-5-6-12(14-3)16-15-11/h5-6,10H,7-9H2,1-4H3,(H,14,16). The maximum atomic E-state index is 12.3. The molecular formula is C13H22N4O2. The van der Waals surface area contributed by atoms with Crippen LogP contribution in [0.5, 0.6) is 0 Å². The fourth-order valence-corrected chi connectivity index (χ4v) is 1.66. The van der Waals surface area contributed by atoms with Crippen LogP contribution in [-0.2, 0) is 4.74 Å². The van der Waals surface area contributed by atoms with Crippen molar-refractivity contribution in [2.24, 2.45) is 5.92 Å². The average Bonchev–Trinajstić information content (AvgIpc) is 2.42. The third-order valence-electron chi connectivity index (χ3n) is 2.58. The zero-order chi connectivity index (χ0) is 14.3. The quantitative estimate of drug-likeness (QED) is 0.805. The van der Waals surface area contributed by atoms with Crippen LogP contribution in [0.3, 0.4) is 0 Å². The highest BCUT2D eigenvalue weighted by atomic mass is 16.5. The molecule has 1 aromatic rings. The van der Waals surface area contributed by atoms with Crippen molar-refractivity contribution in [3.05, 3.63) is 17.8 Å². The summed E-state index contributed by atoms with van der Waals surface area (Å²) in [4.78, 5) is 14.1.